The Bertz CT molecular complexity index is 539. The van der Waals surface area contributed by atoms with Crippen LogP contribution in [-0.4, -0.2) is 33.3 Å². The summed E-state index contributed by atoms with van der Waals surface area (Å²) < 4.78 is 28.6. The molecule has 19 heavy (non-hydrogen) atoms. The zero-order valence-electron chi connectivity index (χ0n) is 11.3. The van der Waals surface area contributed by atoms with Crippen molar-refractivity contribution < 1.29 is 17.9 Å². The Balaban J connectivity index is 3.12. The smallest absolute Gasteiger partial charge is 0.328 e. The standard InChI is InChI=1S/C13H19NO4S/c1-4-10(13(15)18-3)14-11-8-6-7-9-12(11)19(16,17)5-2/h6-10,14H,4-5H2,1-3H3. The van der Waals surface area contributed by atoms with E-state index in [2.05, 4.69) is 10.1 Å². The molecule has 6 heteroatoms. The first-order chi connectivity index (χ1) is 8.96. The third-order valence-electron chi connectivity index (χ3n) is 2.83. The molecular formula is C13H19NO4S. The van der Waals surface area contributed by atoms with Gasteiger partial charge in [0.25, 0.3) is 0 Å². The summed E-state index contributed by atoms with van der Waals surface area (Å²) in [6.45, 7) is 3.41. The van der Waals surface area contributed by atoms with E-state index in [4.69, 9.17) is 0 Å². The van der Waals surface area contributed by atoms with E-state index >= 15 is 0 Å². The quantitative estimate of drug-likeness (QED) is 0.807. The van der Waals surface area contributed by atoms with Crippen molar-refractivity contribution in [1.82, 2.24) is 0 Å². The molecule has 0 spiro atoms. The predicted molar refractivity (Wildman–Crippen MR) is 73.9 cm³/mol. The van der Waals surface area contributed by atoms with Crippen LogP contribution in [0.15, 0.2) is 29.2 Å². The second-order valence-corrected chi connectivity index (χ2v) is 6.27. The fraction of sp³-hybridized carbons (Fsp3) is 0.462. The highest BCUT2D eigenvalue weighted by Gasteiger charge is 2.21. The third kappa shape index (κ3) is 3.70. The lowest BCUT2D eigenvalue weighted by Gasteiger charge is -2.18. The minimum absolute atomic E-state index is 0.0146. The van der Waals surface area contributed by atoms with Gasteiger partial charge in [0.2, 0.25) is 0 Å². The molecule has 0 fully saturated rings. The van der Waals surface area contributed by atoms with Crippen LogP contribution in [0, 0.1) is 0 Å². The molecule has 0 amide bonds. The predicted octanol–water partition coefficient (Wildman–Crippen LogP) is 1.84. The molecule has 0 aliphatic heterocycles. The van der Waals surface area contributed by atoms with Crippen molar-refractivity contribution in [2.24, 2.45) is 0 Å². The van der Waals surface area contributed by atoms with Crippen molar-refractivity contribution in [3.05, 3.63) is 24.3 Å². The van der Waals surface area contributed by atoms with Gasteiger partial charge in [-0.1, -0.05) is 26.0 Å². The monoisotopic (exact) mass is 285 g/mol. The van der Waals surface area contributed by atoms with Crippen molar-refractivity contribution in [3.63, 3.8) is 0 Å². The van der Waals surface area contributed by atoms with Gasteiger partial charge in [0.1, 0.15) is 6.04 Å². The topological polar surface area (TPSA) is 72.5 Å². The lowest BCUT2D eigenvalue weighted by Crippen LogP contribution is -2.30. The summed E-state index contributed by atoms with van der Waals surface area (Å²) >= 11 is 0. The Labute approximate surface area is 113 Å². The number of esters is 1. The van der Waals surface area contributed by atoms with Crippen LogP contribution in [0.3, 0.4) is 0 Å². The molecule has 0 heterocycles. The normalized spacial score (nSPS) is 12.8. The molecule has 0 aromatic heterocycles. The van der Waals surface area contributed by atoms with Gasteiger partial charge in [0.15, 0.2) is 9.84 Å². The Hall–Kier alpha value is -1.56. The molecule has 1 aromatic rings. The first kappa shape index (κ1) is 15.5. The Morgan fingerprint density at radius 2 is 1.95 bits per heavy atom. The van der Waals surface area contributed by atoms with E-state index in [1.807, 2.05) is 6.92 Å². The van der Waals surface area contributed by atoms with Gasteiger partial charge in [-0.3, -0.25) is 0 Å². The first-order valence-corrected chi connectivity index (χ1v) is 7.77. The molecule has 0 saturated heterocycles. The highest BCUT2D eigenvalue weighted by Crippen LogP contribution is 2.23. The Morgan fingerprint density at radius 3 is 2.47 bits per heavy atom. The van der Waals surface area contributed by atoms with Crippen LogP contribution < -0.4 is 5.32 Å². The fourth-order valence-electron chi connectivity index (χ4n) is 1.67. The number of carbonyl (C=O) groups excluding carboxylic acids is 1. The summed E-state index contributed by atoms with van der Waals surface area (Å²) in [5, 5.41) is 2.93. The summed E-state index contributed by atoms with van der Waals surface area (Å²) in [5.74, 6) is -0.396. The number of carbonyl (C=O) groups is 1. The molecule has 1 atom stereocenters. The molecule has 1 N–H and O–H groups in total. The van der Waals surface area contributed by atoms with Gasteiger partial charge in [-0.15, -0.1) is 0 Å². The van der Waals surface area contributed by atoms with Crippen LogP contribution in [0.25, 0.3) is 0 Å². The average molecular weight is 285 g/mol. The number of rotatable bonds is 6. The van der Waals surface area contributed by atoms with Crippen LogP contribution in [0.4, 0.5) is 5.69 Å². The first-order valence-electron chi connectivity index (χ1n) is 6.12. The van der Waals surface area contributed by atoms with Gasteiger partial charge in [-0.05, 0) is 18.6 Å². The van der Waals surface area contributed by atoms with E-state index in [9.17, 15) is 13.2 Å². The molecule has 1 aromatic carbocycles. The number of methoxy groups -OCH3 is 1. The van der Waals surface area contributed by atoms with Gasteiger partial charge in [0, 0.05) is 0 Å². The van der Waals surface area contributed by atoms with Crippen LogP contribution in [0.1, 0.15) is 20.3 Å². The highest BCUT2D eigenvalue weighted by molar-refractivity contribution is 7.91. The van der Waals surface area contributed by atoms with Gasteiger partial charge >= 0.3 is 5.97 Å². The van der Waals surface area contributed by atoms with E-state index in [1.54, 1.807) is 25.1 Å². The number of para-hydroxylation sites is 1. The van der Waals surface area contributed by atoms with Crippen molar-refractivity contribution >= 4 is 21.5 Å². The fourth-order valence-corrected chi connectivity index (χ4v) is 2.73. The molecule has 1 unspecified atom stereocenters. The van der Waals surface area contributed by atoms with Crippen LogP contribution in [0.5, 0.6) is 0 Å². The van der Waals surface area contributed by atoms with Crippen molar-refractivity contribution in [1.29, 1.82) is 0 Å². The molecular weight excluding hydrogens is 266 g/mol. The number of hydrogen-bond donors (Lipinski definition) is 1. The SMILES string of the molecule is CCC(Nc1ccccc1S(=O)(=O)CC)C(=O)OC. The maximum atomic E-state index is 12.0. The summed E-state index contributed by atoms with van der Waals surface area (Å²) in [6, 6.07) is 6.01. The van der Waals surface area contributed by atoms with Crippen LogP contribution in [-0.2, 0) is 19.4 Å². The molecule has 1 rings (SSSR count). The Kier molecular flexibility index (Phi) is 5.35. The number of benzene rings is 1. The van der Waals surface area contributed by atoms with E-state index in [-0.39, 0.29) is 10.6 Å². The minimum atomic E-state index is -3.33. The summed E-state index contributed by atoms with van der Waals surface area (Å²) in [4.78, 5) is 11.8. The third-order valence-corrected chi connectivity index (χ3v) is 4.61. The van der Waals surface area contributed by atoms with E-state index in [0.29, 0.717) is 12.1 Å². The highest BCUT2D eigenvalue weighted by atomic mass is 32.2. The molecule has 106 valence electrons. The minimum Gasteiger partial charge on any atom is -0.467 e. The van der Waals surface area contributed by atoms with Crippen LogP contribution in [0.2, 0.25) is 0 Å². The zero-order valence-corrected chi connectivity index (χ0v) is 12.2. The maximum Gasteiger partial charge on any atom is 0.328 e. The molecule has 0 saturated carbocycles. The van der Waals surface area contributed by atoms with Crippen molar-refractivity contribution in [2.45, 2.75) is 31.2 Å². The van der Waals surface area contributed by atoms with Crippen molar-refractivity contribution in [3.8, 4) is 0 Å². The van der Waals surface area contributed by atoms with E-state index in [0.717, 1.165) is 0 Å². The van der Waals surface area contributed by atoms with Gasteiger partial charge in [-0.25, -0.2) is 13.2 Å². The Morgan fingerprint density at radius 1 is 1.32 bits per heavy atom. The number of ether oxygens (including phenoxy) is 1. The van der Waals surface area contributed by atoms with Gasteiger partial charge in [0.05, 0.1) is 23.4 Å². The van der Waals surface area contributed by atoms with Gasteiger partial charge in [-0.2, -0.15) is 0 Å². The maximum absolute atomic E-state index is 12.0. The van der Waals surface area contributed by atoms with Crippen molar-refractivity contribution in [2.75, 3.05) is 18.2 Å². The zero-order chi connectivity index (χ0) is 14.5. The average Bonchev–Trinajstić information content (AvgIpc) is 2.44. The molecule has 0 aliphatic rings. The van der Waals surface area contributed by atoms with E-state index in [1.165, 1.54) is 13.2 Å². The largest absolute Gasteiger partial charge is 0.467 e. The molecule has 5 nitrogen and oxygen atoms in total. The number of sulfone groups is 1. The van der Waals surface area contributed by atoms with Gasteiger partial charge < -0.3 is 10.1 Å². The second kappa shape index (κ2) is 6.56. The molecule has 0 radical (unpaired) electrons. The molecule has 0 aliphatic carbocycles. The second-order valence-electron chi connectivity index (χ2n) is 4.03. The number of nitrogens with one attached hydrogen (secondary N) is 1. The lowest BCUT2D eigenvalue weighted by atomic mass is 10.2. The molecule has 0 bridgehead atoms. The lowest BCUT2D eigenvalue weighted by molar-refractivity contribution is -0.141. The van der Waals surface area contributed by atoms with E-state index < -0.39 is 21.8 Å². The summed E-state index contributed by atoms with van der Waals surface area (Å²) in [6.07, 6.45) is 0.507. The summed E-state index contributed by atoms with van der Waals surface area (Å²) in [5.41, 5.74) is 0.432. The number of hydrogen-bond acceptors (Lipinski definition) is 5. The van der Waals surface area contributed by atoms with Crippen LogP contribution >= 0.6 is 0 Å². The number of anilines is 1. The summed E-state index contributed by atoms with van der Waals surface area (Å²) in [7, 11) is -2.02.